The summed E-state index contributed by atoms with van der Waals surface area (Å²) in [6, 6.07) is 12.2. The van der Waals surface area contributed by atoms with Crippen molar-refractivity contribution in [1.29, 1.82) is 0 Å². The average molecular weight is 470 g/mol. The molecule has 4 rings (SSSR count). The zero-order chi connectivity index (χ0) is 23.8. The minimum atomic E-state index is -3.63. The highest BCUT2D eigenvalue weighted by Gasteiger charge is 2.27. The molecule has 0 unspecified atom stereocenters. The molecule has 2 aromatic carbocycles. The first-order valence-electron chi connectivity index (χ1n) is 11.2. The van der Waals surface area contributed by atoms with Crippen molar-refractivity contribution in [2.75, 3.05) is 20.2 Å². The fourth-order valence-corrected chi connectivity index (χ4v) is 5.82. The lowest BCUT2D eigenvalue weighted by molar-refractivity contribution is 0.0713. The number of benzene rings is 2. The van der Waals surface area contributed by atoms with Crippen LogP contribution in [0.2, 0.25) is 0 Å². The summed E-state index contributed by atoms with van der Waals surface area (Å²) in [5.41, 5.74) is 2.27. The Morgan fingerprint density at radius 1 is 1.09 bits per heavy atom. The van der Waals surface area contributed by atoms with Gasteiger partial charge in [-0.05, 0) is 87.6 Å². The number of ether oxygens (including phenoxy) is 1. The number of methoxy groups -OCH3 is 1. The van der Waals surface area contributed by atoms with E-state index in [0.29, 0.717) is 24.6 Å². The number of sulfonamides is 1. The number of likely N-dealkylation sites (tertiary alicyclic amines) is 1. The van der Waals surface area contributed by atoms with E-state index < -0.39 is 15.6 Å². The first-order valence-corrected chi connectivity index (χ1v) is 12.6. The summed E-state index contributed by atoms with van der Waals surface area (Å²) in [5.74, 6) is 1.13. The van der Waals surface area contributed by atoms with Gasteiger partial charge in [0.05, 0.1) is 12.0 Å². The van der Waals surface area contributed by atoms with Crippen molar-refractivity contribution in [2.24, 2.45) is 0 Å². The van der Waals surface area contributed by atoms with E-state index in [9.17, 15) is 13.2 Å². The quantitative estimate of drug-likeness (QED) is 0.584. The predicted octanol–water partition coefficient (Wildman–Crippen LogP) is 4.27. The molecule has 1 fully saturated rings. The van der Waals surface area contributed by atoms with Gasteiger partial charge >= 0.3 is 0 Å². The third kappa shape index (κ3) is 5.07. The van der Waals surface area contributed by atoms with Gasteiger partial charge in [-0.15, -0.1) is 0 Å². The maximum absolute atomic E-state index is 13.0. The van der Waals surface area contributed by atoms with Crippen molar-refractivity contribution in [3.05, 3.63) is 59.8 Å². The van der Waals surface area contributed by atoms with Gasteiger partial charge in [0.1, 0.15) is 5.75 Å². The summed E-state index contributed by atoms with van der Waals surface area (Å²) in [6.45, 7) is 6.69. The van der Waals surface area contributed by atoms with Crippen molar-refractivity contribution < 1.29 is 17.9 Å². The van der Waals surface area contributed by atoms with Crippen molar-refractivity contribution in [1.82, 2.24) is 14.6 Å². The molecule has 0 spiro atoms. The average Bonchev–Trinajstić information content (AvgIpc) is 3.20. The van der Waals surface area contributed by atoms with E-state index in [4.69, 9.17) is 4.74 Å². The van der Waals surface area contributed by atoms with Crippen LogP contribution in [0.4, 0.5) is 0 Å². The zero-order valence-electron chi connectivity index (χ0n) is 19.5. The summed E-state index contributed by atoms with van der Waals surface area (Å²) in [4.78, 5) is 18.4. The van der Waals surface area contributed by atoms with Crippen LogP contribution >= 0.6 is 0 Å². The number of rotatable bonds is 5. The SMILES string of the molecule is COc1ccc2[nH]cc(C3CCN(C(=O)c4ccc(S(=O)(=O)NC(C)(C)C)cc4)CC3)c2c1. The van der Waals surface area contributed by atoms with Crippen LogP contribution in [0.1, 0.15) is 55.5 Å². The van der Waals surface area contributed by atoms with E-state index in [2.05, 4.69) is 22.0 Å². The number of hydrogen-bond donors (Lipinski definition) is 2. The first-order chi connectivity index (χ1) is 15.6. The number of aromatic amines is 1. The molecule has 1 saturated heterocycles. The third-order valence-corrected chi connectivity index (χ3v) is 7.77. The van der Waals surface area contributed by atoms with Gasteiger partial charge in [-0.1, -0.05) is 0 Å². The number of H-pyrrole nitrogens is 1. The second-order valence-electron chi connectivity index (χ2n) is 9.60. The molecule has 2 N–H and O–H groups in total. The number of aromatic nitrogens is 1. The molecule has 0 bridgehead atoms. The van der Waals surface area contributed by atoms with Crippen LogP contribution < -0.4 is 9.46 Å². The molecule has 3 aromatic rings. The van der Waals surface area contributed by atoms with E-state index in [-0.39, 0.29) is 10.8 Å². The molecular formula is C25H31N3O4S. The first kappa shape index (κ1) is 23.3. The van der Waals surface area contributed by atoms with Gasteiger partial charge in [0.15, 0.2) is 0 Å². The minimum absolute atomic E-state index is 0.0678. The molecule has 33 heavy (non-hydrogen) atoms. The Morgan fingerprint density at radius 3 is 2.36 bits per heavy atom. The minimum Gasteiger partial charge on any atom is -0.497 e. The van der Waals surface area contributed by atoms with E-state index in [1.165, 1.54) is 23.1 Å². The maximum atomic E-state index is 13.0. The molecule has 176 valence electrons. The van der Waals surface area contributed by atoms with Gasteiger partial charge in [-0.25, -0.2) is 13.1 Å². The van der Waals surface area contributed by atoms with Gasteiger partial charge < -0.3 is 14.6 Å². The fraction of sp³-hybridized carbons (Fsp3) is 0.400. The topological polar surface area (TPSA) is 91.5 Å². The Morgan fingerprint density at radius 2 is 1.76 bits per heavy atom. The van der Waals surface area contributed by atoms with E-state index in [1.54, 1.807) is 40.0 Å². The smallest absolute Gasteiger partial charge is 0.253 e. The van der Waals surface area contributed by atoms with Crippen LogP contribution in [0.3, 0.4) is 0 Å². The number of hydrogen-bond acceptors (Lipinski definition) is 4. The van der Waals surface area contributed by atoms with E-state index in [1.807, 2.05) is 17.0 Å². The van der Waals surface area contributed by atoms with Gasteiger partial charge in [0.2, 0.25) is 10.0 Å². The maximum Gasteiger partial charge on any atom is 0.253 e. The van der Waals surface area contributed by atoms with Gasteiger partial charge in [-0.2, -0.15) is 0 Å². The number of piperidine rings is 1. The monoisotopic (exact) mass is 469 g/mol. The van der Waals surface area contributed by atoms with Crippen LogP contribution in [-0.4, -0.2) is 49.9 Å². The van der Waals surface area contributed by atoms with E-state index in [0.717, 1.165) is 24.1 Å². The van der Waals surface area contributed by atoms with Crippen molar-refractivity contribution >= 4 is 26.8 Å². The summed E-state index contributed by atoms with van der Waals surface area (Å²) >= 11 is 0. The molecular weight excluding hydrogens is 438 g/mol. The highest BCUT2D eigenvalue weighted by atomic mass is 32.2. The molecule has 0 saturated carbocycles. The van der Waals surface area contributed by atoms with Crippen molar-refractivity contribution in [3.63, 3.8) is 0 Å². The van der Waals surface area contributed by atoms with Crippen LogP contribution in [0.15, 0.2) is 53.6 Å². The molecule has 1 aliphatic heterocycles. The molecule has 7 nitrogen and oxygen atoms in total. The standard InChI is InChI=1S/C25H31N3O4S/c1-25(2,3)27-33(30,31)20-8-5-18(6-9-20)24(29)28-13-11-17(12-14-28)22-16-26-23-10-7-19(32-4)15-21(22)23/h5-10,15-17,26-27H,11-14H2,1-4H3. The lowest BCUT2D eigenvalue weighted by atomic mass is 9.89. The number of nitrogens with zero attached hydrogens (tertiary/aromatic N) is 1. The molecule has 1 aromatic heterocycles. The molecule has 0 aliphatic carbocycles. The number of nitrogens with one attached hydrogen (secondary N) is 2. The number of carbonyl (C=O) groups excluding carboxylic acids is 1. The van der Waals surface area contributed by atoms with Crippen LogP contribution in [-0.2, 0) is 10.0 Å². The van der Waals surface area contributed by atoms with Crippen molar-refractivity contribution in [3.8, 4) is 5.75 Å². The molecule has 1 aliphatic rings. The second kappa shape index (κ2) is 8.83. The molecule has 1 amide bonds. The van der Waals surface area contributed by atoms with Gasteiger partial charge in [0.25, 0.3) is 5.91 Å². The predicted molar refractivity (Wildman–Crippen MR) is 129 cm³/mol. The van der Waals surface area contributed by atoms with E-state index >= 15 is 0 Å². The Kier molecular flexibility index (Phi) is 6.24. The summed E-state index contributed by atoms with van der Waals surface area (Å²) in [7, 11) is -1.96. The molecule has 0 atom stereocenters. The summed E-state index contributed by atoms with van der Waals surface area (Å²) in [6.07, 6.45) is 3.81. The Balaban J connectivity index is 1.43. The van der Waals surface area contributed by atoms with Crippen LogP contribution in [0.5, 0.6) is 5.75 Å². The molecule has 0 radical (unpaired) electrons. The number of carbonyl (C=O) groups is 1. The Hall–Kier alpha value is -2.84. The molecule has 2 heterocycles. The fourth-order valence-electron chi connectivity index (χ4n) is 4.40. The normalized spacial score (nSPS) is 15.7. The third-order valence-electron chi connectivity index (χ3n) is 6.00. The number of fused-ring (bicyclic) bond motifs is 1. The van der Waals surface area contributed by atoms with Gasteiger partial charge in [0, 0.05) is 41.3 Å². The molecule has 8 heteroatoms. The Labute approximate surface area is 195 Å². The lowest BCUT2D eigenvalue weighted by Crippen LogP contribution is -2.40. The zero-order valence-corrected chi connectivity index (χ0v) is 20.3. The number of amides is 1. The largest absolute Gasteiger partial charge is 0.497 e. The second-order valence-corrected chi connectivity index (χ2v) is 11.3. The Bertz CT molecular complexity index is 1250. The van der Waals surface area contributed by atoms with Crippen molar-refractivity contribution in [2.45, 2.75) is 50.0 Å². The summed E-state index contributed by atoms with van der Waals surface area (Å²) in [5, 5.41) is 1.17. The van der Waals surface area contributed by atoms with Crippen LogP contribution in [0.25, 0.3) is 10.9 Å². The summed E-state index contributed by atoms with van der Waals surface area (Å²) < 4.78 is 33.0. The van der Waals surface area contributed by atoms with Gasteiger partial charge in [-0.3, -0.25) is 4.79 Å². The van der Waals surface area contributed by atoms with Crippen LogP contribution in [0, 0.1) is 0 Å². The lowest BCUT2D eigenvalue weighted by Gasteiger charge is -2.32. The highest BCUT2D eigenvalue weighted by molar-refractivity contribution is 7.89. The highest BCUT2D eigenvalue weighted by Crippen LogP contribution is 2.35.